The number of sulfonamides is 1. The zero-order chi connectivity index (χ0) is 22.0. The first-order valence-corrected chi connectivity index (χ1v) is 12.5. The number of carbonyl (C=O) groups excluding carboxylic acids is 1. The summed E-state index contributed by atoms with van der Waals surface area (Å²) < 4.78 is 33.2. The molecule has 0 bridgehead atoms. The van der Waals surface area contributed by atoms with E-state index in [9.17, 15) is 13.2 Å². The lowest BCUT2D eigenvalue weighted by molar-refractivity contribution is 0.102. The molecule has 1 aromatic heterocycles. The van der Waals surface area contributed by atoms with E-state index in [-0.39, 0.29) is 16.8 Å². The van der Waals surface area contributed by atoms with Crippen molar-refractivity contribution in [3.8, 4) is 0 Å². The van der Waals surface area contributed by atoms with Crippen molar-refractivity contribution in [2.45, 2.75) is 63.2 Å². The third kappa shape index (κ3) is 4.98. The van der Waals surface area contributed by atoms with Crippen LogP contribution in [0.4, 0.5) is 6.01 Å². The number of benzene rings is 1. The highest BCUT2D eigenvalue weighted by Crippen LogP contribution is 2.32. The van der Waals surface area contributed by atoms with Gasteiger partial charge in [-0.3, -0.25) is 10.1 Å². The molecule has 1 saturated heterocycles. The number of anilines is 1. The molecule has 2 fully saturated rings. The lowest BCUT2D eigenvalue weighted by atomic mass is 9.89. The molecule has 1 aromatic carbocycles. The lowest BCUT2D eigenvalue weighted by Gasteiger charge is -2.34. The van der Waals surface area contributed by atoms with Gasteiger partial charge in [-0.1, -0.05) is 38.2 Å². The summed E-state index contributed by atoms with van der Waals surface area (Å²) in [4.78, 5) is 12.7. The number of aromatic nitrogens is 2. The molecule has 1 aliphatic heterocycles. The molecule has 2 heterocycles. The van der Waals surface area contributed by atoms with E-state index in [1.54, 1.807) is 4.31 Å². The van der Waals surface area contributed by atoms with Gasteiger partial charge in [-0.2, -0.15) is 4.31 Å². The normalized spacial score (nSPS) is 23.5. The van der Waals surface area contributed by atoms with E-state index >= 15 is 0 Å². The third-order valence-electron chi connectivity index (χ3n) is 6.21. The van der Waals surface area contributed by atoms with Gasteiger partial charge in [-0.05, 0) is 55.4 Å². The second kappa shape index (κ2) is 9.08. The van der Waals surface area contributed by atoms with Crippen molar-refractivity contribution in [1.82, 2.24) is 14.5 Å². The van der Waals surface area contributed by atoms with Crippen molar-refractivity contribution in [3.63, 3.8) is 0 Å². The maximum atomic E-state index is 13.0. The average Bonchev–Trinajstić information content (AvgIpc) is 3.22. The van der Waals surface area contributed by atoms with Gasteiger partial charge < -0.3 is 4.42 Å². The Morgan fingerprint density at radius 1 is 1.03 bits per heavy atom. The highest BCUT2D eigenvalue weighted by molar-refractivity contribution is 7.89. The van der Waals surface area contributed by atoms with Gasteiger partial charge >= 0.3 is 6.01 Å². The molecule has 8 nitrogen and oxygen atoms in total. The van der Waals surface area contributed by atoms with Crippen molar-refractivity contribution < 1.29 is 17.6 Å². The fraction of sp³-hybridized carbons (Fsp3) is 0.591. The number of amides is 1. The monoisotopic (exact) mass is 446 g/mol. The van der Waals surface area contributed by atoms with Gasteiger partial charge in [-0.25, -0.2) is 8.42 Å². The van der Waals surface area contributed by atoms with Crippen molar-refractivity contribution in [2.24, 2.45) is 11.8 Å². The highest BCUT2D eigenvalue weighted by Gasteiger charge is 2.31. The minimum atomic E-state index is -3.58. The molecule has 1 N–H and O–H groups in total. The summed E-state index contributed by atoms with van der Waals surface area (Å²) in [6.07, 6.45) is 6.62. The van der Waals surface area contributed by atoms with E-state index in [4.69, 9.17) is 4.42 Å². The van der Waals surface area contributed by atoms with Crippen molar-refractivity contribution in [3.05, 3.63) is 35.7 Å². The van der Waals surface area contributed by atoms with Gasteiger partial charge in [0.2, 0.25) is 15.9 Å². The SMILES string of the molecule is CC1CC(C)CN(S(=O)(=O)c2ccc(C(=O)Nc3nnc(C4CCCCC4)o3)cc2)C1. The Morgan fingerprint density at radius 3 is 2.32 bits per heavy atom. The molecule has 1 amide bonds. The van der Waals surface area contributed by atoms with Gasteiger partial charge in [0, 0.05) is 24.6 Å². The fourth-order valence-electron chi connectivity index (χ4n) is 4.70. The zero-order valence-electron chi connectivity index (χ0n) is 18.1. The van der Waals surface area contributed by atoms with E-state index in [2.05, 4.69) is 29.4 Å². The Balaban J connectivity index is 1.42. The van der Waals surface area contributed by atoms with E-state index in [1.807, 2.05) is 0 Å². The maximum Gasteiger partial charge on any atom is 0.322 e. The first-order chi connectivity index (χ1) is 14.8. The number of carbonyl (C=O) groups is 1. The summed E-state index contributed by atoms with van der Waals surface area (Å²) in [5, 5.41) is 10.6. The summed E-state index contributed by atoms with van der Waals surface area (Å²) in [5.41, 5.74) is 0.330. The van der Waals surface area contributed by atoms with Crippen LogP contribution >= 0.6 is 0 Å². The number of nitrogens with one attached hydrogen (secondary N) is 1. The molecule has 1 saturated carbocycles. The largest absolute Gasteiger partial charge is 0.408 e. The van der Waals surface area contributed by atoms with E-state index < -0.39 is 15.9 Å². The molecule has 9 heteroatoms. The standard InChI is InChI=1S/C22H30N4O4S/c1-15-12-16(2)14-26(13-15)31(28,29)19-10-8-17(9-11-19)20(27)23-22-25-24-21(30-22)18-6-4-3-5-7-18/h8-11,15-16,18H,3-7,12-14H2,1-2H3,(H,23,25,27). The molecule has 0 spiro atoms. The van der Waals surface area contributed by atoms with Crippen LogP contribution < -0.4 is 5.32 Å². The summed E-state index contributed by atoms with van der Waals surface area (Å²) >= 11 is 0. The number of piperidine rings is 1. The highest BCUT2D eigenvalue weighted by atomic mass is 32.2. The van der Waals surface area contributed by atoms with Gasteiger partial charge in [0.25, 0.3) is 5.91 Å². The smallest absolute Gasteiger partial charge is 0.322 e. The van der Waals surface area contributed by atoms with Crippen molar-refractivity contribution in [1.29, 1.82) is 0 Å². The van der Waals surface area contributed by atoms with Crippen LogP contribution in [0, 0.1) is 11.8 Å². The summed E-state index contributed by atoms with van der Waals surface area (Å²) in [6, 6.07) is 6.05. The van der Waals surface area contributed by atoms with E-state index in [0.29, 0.717) is 36.4 Å². The zero-order valence-corrected chi connectivity index (χ0v) is 18.9. The van der Waals surface area contributed by atoms with E-state index in [0.717, 1.165) is 32.1 Å². The Morgan fingerprint density at radius 2 is 1.68 bits per heavy atom. The van der Waals surface area contributed by atoms with Crippen LogP contribution in [0.3, 0.4) is 0 Å². The Kier molecular flexibility index (Phi) is 6.43. The van der Waals surface area contributed by atoms with E-state index in [1.165, 1.54) is 30.7 Å². The lowest BCUT2D eigenvalue weighted by Crippen LogP contribution is -2.42. The second-order valence-corrected chi connectivity index (χ2v) is 11.0. The number of hydrogen-bond donors (Lipinski definition) is 1. The molecule has 1 aliphatic carbocycles. The number of hydrogen-bond acceptors (Lipinski definition) is 6. The Hall–Kier alpha value is -2.26. The minimum Gasteiger partial charge on any atom is -0.408 e. The van der Waals surface area contributed by atoms with Crippen molar-refractivity contribution >= 4 is 21.9 Å². The van der Waals surface area contributed by atoms with Crippen LogP contribution in [-0.4, -0.2) is 41.9 Å². The quantitative estimate of drug-likeness (QED) is 0.743. The average molecular weight is 447 g/mol. The number of rotatable bonds is 5. The molecule has 2 unspecified atom stereocenters. The Bertz CT molecular complexity index is 1000. The molecule has 2 atom stereocenters. The second-order valence-electron chi connectivity index (χ2n) is 9.03. The van der Waals surface area contributed by atoms with Gasteiger partial charge in [-0.15, -0.1) is 5.10 Å². The van der Waals surface area contributed by atoms with Gasteiger partial charge in [0.1, 0.15) is 0 Å². The summed E-state index contributed by atoms with van der Waals surface area (Å²) in [7, 11) is -3.58. The first-order valence-electron chi connectivity index (χ1n) is 11.1. The molecule has 4 rings (SSSR count). The predicted octanol–water partition coefficient (Wildman–Crippen LogP) is 4.04. The fourth-order valence-corrected chi connectivity index (χ4v) is 6.38. The van der Waals surface area contributed by atoms with Crippen LogP contribution in [0.2, 0.25) is 0 Å². The van der Waals surface area contributed by atoms with Crippen LogP contribution in [0.5, 0.6) is 0 Å². The van der Waals surface area contributed by atoms with Gasteiger partial charge in [0.15, 0.2) is 0 Å². The summed E-state index contributed by atoms with van der Waals surface area (Å²) in [5.74, 6) is 1.08. The molecule has 168 valence electrons. The molecule has 2 aliphatic rings. The first kappa shape index (κ1) is 22.0. The van der Waals surface area contributed by atoms with Crippen molar-refractivity contribution in [2.75, 3.05) is 18.4 Å². The minimum absolute atomic E-state index is 0.0681. The molecule has 2 aromatic rings. The third-order valence-corrected chi connectivity index (χ3v) is 8.05. The predicted molar refractivity (Wildman–Crippen MR) is 116 cm³/mol. The molecular weight excluding hydrogens is 416 g/mol. The molecular formula is C22H30N4O4S. The molecule has 31 heavy (non-hydrogen) atoms. The van der Waals surface area contributed by atoms with Crippen LogP contribution in [0.15, 0.2) is 33.6 Å². The van der Waals surface area contributed by atoms with Crippen LogP contribution in [0.25, 0.3) is 0 Å². The molecule has 0 radical (unpaired) electrons. The van der Waals surface area contributed by atoms with Crippen LogP contribution in [-0.2, 0) is 10.0 Å². The maximum absolute atomic E-state index is 13.0. The Labute approximate surface area is 183 Å². The van der Waals surface area contributed by atoms with Gasteiger partial charge in [0.05, 0.1) is 4.90 Å². The summed E-state index contributed by atoms with van der Waals surface area (Å²) in [6.45, 7) is 5.19. The topological polar surface area (TPSA) is 105 Å². The number of nitrogens with zero attached hydrogens (tertiary/aromatic N) is 3. The van der Waals surface area contributed by atoms with Crippen LogP contribution in [0.1, 0.15) is 74.5 Å².